The number of nitrogens with zero attached hydrogens (tertiary/aromatic N) is 1. The standard InChI is InChI=1S/C33H64NO9P.Na/c1-5-6-7-8-9-10-11-12-13-14-15-18-21-24-32(36)40-29-31(30-42-44(38,39)41-28-26-34(2,3)4)43-33(37)25-22-19-16-17-20-23-27-35;/h27,31H,5-26,28-30H2,1-4H3;/q;+1. The van der Waals surface area contributed by atoms with Crippen LogP contribution in [0.25, 0.3) is 0 Å². The molecule has 2 unspecified atom stereocenters. The van der Waals surface area contributed by atoms with Crippen molar-refractivity contribution in [1.29, 1.82) is 0 Å². The largest absolute Gasteiger partial charge is 1.00 e. The fourth-order valence-corrected chi connectivity index (χ4v) is 5.30. The third-order valence-corrected chi connectivity index (χ3v) is 8.31. The molecular weight excluding hydrogens is 608 g/mol. The number of rotatable bonds is 32. The smallest absolute Gasteiger partial charge is 0.756 e. The van der Waals surface area contributed by atoms with E-state index in [0.717, 1.165) is 51.2 Å². The van der Waals surface area contributed by atoms with Crippen LogP contribution in [0.4, 0.5) is 0 Å². The Labute approximate surface area is 296 Å². The first-order valence-corrected chi connectivity index (χ1v) is 18.6. The van der Waals surface area contributed by atoms with Crippen LogP contribution >= 0.6 is 7.82 Å². The first-order valence-electron chi connectivity index (χ1n) is 17.2. The molecule has 260 valence electrons. The van der Waals surface area contributed by atoms with Crippen molar-refractivity contribution in [2.24, 2.45) is 0 Å². The summed E-state index contributed by atoms with van der Waals surface area (Å²) in [5.41, 5.74) is 0. The van der Waals surface area contributed by atoms with Gasteiger partial charge < -0.3 is 32.7 Å². The summed E-state index contributed by atoms with van der Waals surface area (Å²) in [4.78, 5) is 47.3. The van der Waals surface area contributed by atoms with E-state index < -0.39 is 32.5 Å². The van der Waals surface area contributed by atoms with E-state index in [0.29, 0.717) is 23.9 Å². The van der Waals surface area contributed by atoms with Crippen LogP contribution in [-0.2, 0) is 37.5 Å². The van der Waals surface area contributed by atoms with Gasteiger partial charge >= 0.3 is 41.5 Å². The van der Waals surface area contributed by atoms with Gasteiger partial charge in [-0.15, -0.1) is 0 Å². The van der Waals surface area contributed by atoms with Crippen molar-refractivity contribution < 1.29 is 76.4 Å². The first-order chi connectivity index (χ1) is 21.0. The molecule has 2 atom stereocenters. The maximum absolute atomic E-state index is 12.4. The van der Waals surface area contributed by atoms with Crippen molar-refractivity contribution in [1.82, 2.24) is 0 Å². The van der Waals surface area contributed by atoms with Crippen LogP contribution in [0.15, 0.2) is 0 Å². The van der Waals surface area contributed by atoms with Crippen molar-refractivity contribution in [2.75, 3.05) is 47.5 Å². The Hall–Kier alpha value is -0.320. The number of carbonyl (C=O) groups excluding carboxylic acids is 3. The molecule has 10 nitrogen and oxygen atoms in total. The van der Waals surface area contributed by atoms with Crippen LogP contribution in [0.1, 0.15) is 142 Å². The molecule has 0 rings (SSSR count). The second kappa shape index (κ2) is 31.0. The quantitative estimate of drug-likeness (QED) is 0.0260. The molecule has 0 aliphatic heterocycles. The zero-order valence-electron chi connectivity index (χ0n) is 29.4. The van der Waals surface area contributed by atoms with Gasteiger partial charge in [-0.2, -0.15) is 0 Å². The van der Waals surface area contributed by atoms with Crippen molar-refractivity contribution in [3.05, 3.63) is 0 Å². The number of hydrogen-bond acceptors (Lipinski definition) is 9. The van der Waals surface area contributed by atoms with Crippen LogP contribution in [0.5, 0.6) is 0 Å². The van der Waals surface area contributed by atoms with Gasteiger partial charge in [0.05, 0.1) is 27.7 Å². The maximum Gasteiger partial charge on any atom is 1.00 e. The van der Waals surface area contributed by atoms with Crippen LogP contribution in [0.2, 0.25) is 0 Å². The Balaban J connectivity index is 0. The fraction of sp³-hybridized carbons (Fsp3) is 0.909. The number of phosphoric acid groups is 1. The zero-order valence-corrected chi connectivity index (χ0v) is 32.3. The molecule has 0 aromatic rings. The summed E-state index contributed by atoms with van der Waals surface area (Å²) in [5, 5.41) is 0. The van der Waals surface area contributed by atoms with Crippen molar-refractivity contribution >= 4 is 26.0 Å². The molecule has 0 aliphatic carbocycles. The fourth-order valence-electron chi connectivity index (χ4n) is 4.57. The molecule has 0 fully saturated rings. The summed E-state index contributed by atoms with van der Waals surface area (Å²) in [6.07, 6.45) is 20.7. The van der Waals surface area contributed by atoms with Crippen molar-refractivity contribution in [3.63, 3.8) is 0 Å². The van der Waals surface area contributed by atoms with Gasteiger partial charge in [0.2, 0.25) is 0 Å². The number of ether oxygens (including phenoxy) is 2. The minimum Gasteiger partial charge on any atom is -0.756 e. The van der Waals surface area contributed by atoms with Crippen LogP contribution in [-0.4, -0.2) is 76.3 Å². The Morgan fingerprint density at radius 1 is 0.711 bits per heavy atom. The third kappa shape index (κ3) is 34.8. The molecule has 0 aromatic heterocycles. The molecule has 0 bridgehead atoms. The summed E-state index contributed by atoms with van der Waals surface area (Å²) in [5.74, 6) is -0.917. The molecule has 0 saturated heterocycles. The topological polar surface area (TPSA) is 128 Å². The molecule has 45 heavy (non-hydrogen) atoms. The average Bonchev–Trinajstić information content (AvgIpc) is 2.95. The summed E-state index contributed by atoms with van der Waals surface area (Å²) in [7, 11) is 1.11. The summed E-state index contributed by atoms with van der Waals surface area (Å²) >= 11 is 0. The van der Waals surface area contributed by atoms with Gasteiger partial charge in [0.25, 0.3) is 7.82 Å². The molecule has 0 saturated carbocycles. The Bertz CT molecular complexity index is 780. The second-order valence-corrected chi connectivity index (χ2v) is 14.3. The third-order valence-electron chi connectivity index (χ3n) is 7.35. The van der Waals surface area contributed by atoms with Crippen molar-refractivity contribution in [3.8, 4) is 0 Å². The van der Waals surface area contributed by atoms with Crippen LogP contribution in [0, 0.1) is 0 Å². The number of likely N-dealkylation sites (N-methyl/N-ethyl adjacent to an activating group) is 1. The summed E-state index contributed by atoms with van der Waals surface area (Å²) in [6.45, 7) is 1.88. The zero-order chi connectivity index (χ0) is 32.9. The summed E-state index contributed by atoms with van der Waals surface area (Å²) in [6, 6.07) is 0. The molecule has 0 aromatic carbocycles. The number of phosphoric ester groups is 1. The second-order valence-electron chi connectivity index (χ2n) is 12.9. The number of aldehydes is 1. The molecular formula is C33H64NNaO9P+. The molecule has 0 amide bonds. The van der Waals surface area contributed by atoms with E-state index in [9.17, 15) is 23.8 Å². The molecule has 0 radical (unpaired) electrons. The monoisotopic (exact) mass is 672 g/mol. The van der Waals surface area contributed by atoms with Gasteiger partial charge in [-0.25, -0.2) is 0 Å². The summed E-state index contributed by atoms with van der Waals surface area (Å²) < 4.78 is 33.4. The Morgan fingerprint density at radius 3 is 1.67 bits per heavy atom. The molecule has 12 heteroatoms. The van der Waals surface area contributed by atoms with E-state index in [1.54, 1.807) is 0 Å². The van der Waals surface area contributed by atoms with Crippen LogP contribution < -0.4 is 34.5 Å². The number of hydrogen-bond donors (Lipinski definition) is 0. The van der Waals surface area contributed by atoms with Gasteiger partial charge in [0.15, 0.2) is 6.10 Å². The van der Waals surface area contributed by atoms with E-state index in [2.05, 4.69) is 6.92 Å². The Kier molecular flexibility index (Phi) is 32.2. The number of esters is 2. The van der Waals surface area contributed by atoms with Gasteiger partial charge in [-0.1, -0.05) is 103 Å². The van der Waals surface area contributed by atoms with Gasteiger partial charge in [0, 0.05) is 19.3 Å². The van der Waals surface area contributed by atoms with E-state index in [4.69, 9.17) is 18.5 Å². The van der Waals surface area contributed by atoms with Gasteiger partial charge in [-0.05, 0) is 19.3 Å². The normalized spacial score (nSPS) is 13.4. The molecule has 0 aliphatic rings. The molecule has 0 N–H and O–H groups in total. The maximum atomic E-state index is 12.4. The van der Waals surface area contributed by atoms with E-state index in [-0.39, 0.29) is 55.6 Å². The SMILES string of the molecule is CCCCCCCCCCCCCCCC(=O)OCC(COP(=O)([O-])OCC[N+](C)(C)C)OC(=O)CCCCCCCC=O.[Na+]. The molecule has 0 heterocycles. The van der Waals surface area contributed by atoms with Gasteiger partial charge in [-0.3, -0.25) is 14.2 Å². The first kappa shape index (κ1) is 46.8. The van der Waals surface area contributed by atoms with E-state index >= 15 is 0 Å². The average molecular weight is 673 g/mol. The number of quaternary nitrogens is 1. The van der Waals surface area contributed by atoms with Crippen molar-refractivity contribution in [2.45, 2.75) is 148 Å². The minimum atomic E-state index is -4.62. The number of carbonyl (C=O) groups is 3. The minimum absolute atomic E-state index is 0. The Morgan fingerprint density at radius 2 is 1.18 bits per heavy atom. The van der Waals surface area contributed by atoms with Gasteiger partial charge in [0.1, 0.15) is 26.0 Å². The predicted octanol–water partition coefficient (Wildman–Crippen LogP) is 4.06. The van der Waals surface area contributed by atoms with E-state index in [1.807, 2.05) is 21.1 Å². The van der Waals surface area contributed by atoms with E-state index in [1.165, 1.54) is 64.2 Å². The predicted molar refractivity (Wildman–Crippen MR) is 172 cm³/mol. The molecule has 0 spiro atoms. The van der Waals surface area contributed by atoms with Crippen LogP contribution in [0.3, 0.4) is 0 Å². The number of unbranched alkanes of at least 4 members (excludes halogenated alkanes) is 17.